The molecule has 2 saturated heterocycles. The van der Waals surface area contributed by atoms with E-state index in [0.29, 0.717) is 25.4 Å². The van der Waals surface area contributed by atoms with Gasteiger partial charge in [0.25, 0.3) is 0 Å². The standard InChI is InChI=1S/C11H19N3O2/c1-2-3-10(15)13-8-4-11(16)14(7-8)9-5-12-6-9/h8-9,12H,2-7H2,1H3,(H,13,15). The van der Waals surface area contributed by atoms with Crippen molar-refractivity contribution in [2.75, 3.05) is 19.6 Å². The maximum atomic E-state index is 11.7. The fraction of sp³-hybridized carbons (Fsp3) is 0.818. The zero-order chi connectivity index (χ0) is 11.5. The molecule has 2 amide bonds. The molecule has 0 aromatic carbocycles. The van der Waals surface area contributed by atoms with Crippen LogP contribution in [0.2, 0.25) is 0 Å². The average Bonchev–Trinajstić information content (AvgIpc) is 2.44. The van der Waals surface area contributed by atoms with E-state index in [4.69, 9.17) is 0 Å². The Morgan fingerprint density at radius 1 is 1.56 bits per heavy atom. The molecule has 5 heteroatoms. The minimum Gasteiger partial charge on any atom is -0.351 e. The molecule has 90 valence electrons. The second-order valence-corrected chi connectivity index (χ2v) is 4.58. The molecular weight excluding hydrogens is 206 g/mol. The third kappa shape index (κ3) is 2.35. The van der Waals surface area contributed by atoms with Crippen LogP contribution in [0.3, 0.4) is 0 Å². The molecule has 2 aliphatic heterocycles. The van der Waals surface area contributed by atoms with Crippen LogP contribution < -0.4 is 10.6 Å². The van der Waals surface area contributed by atoms with Gasteiger partial charge in [-0.15, -0.1) is 0 Å². The van der Waals surface area contributed by atoms with Crippen LogP contribution in [-0.4, -0.2) is 48.4 Å². The molecule has 0 aliphatic carbocycles. The Labute approximate surface area is 95.6 Å². The van der Waals surface area contributed by atoms with Gasteiger partial charge in [0.2, 0.25) is 11.8 Å². The Morgan fingerprint density at radius 3 is 2.88 bits per heavy atom. The summed E-state index contributed by atoms with van der Waals surface area (Å²) >= 11 is 0. The van der Waals surface area contributed by atoms with E-state index < -0.39 is 0 Å². The lowest BCUT2D eigenvalue weighted by atomic mass is 10.1. The largest absolute Gasteiger partial charge is 0.351 e. The third-order valence-electron chi connectivity index (χ3n) is 3.20. The van der Waals surface area contributed by atoms with Crippen LogP contribution in [0.1, 0.15) is 26.2 Å². The molecule has 0 aromatic rings. The lowest BCUT2D eigenvalue weighted by Gasteiger charge is -2.35. The predicted molar refractivity (Wildman–Crippen MR) is 59.8 cm³/mol. The maximum Gasteiger partial charge on any atom is 0.225 e. The summed E-state index contributed by atoms with van der Waals surface area (Å²) in [5.74, 6) is 0.238. The van der Waals surface area contributed by atoms with Crippen molar-refractivity contribution in [1.29, 1.82) is 0 Å². The highest BCUT2D eigenvalue weighted by molar-refractivity contribution is 5.82. The van der Waals surface area contributed by atoms with Crippen LogP contribution in [0, 0.1) is 0 Å². The summed E-state index contributed by atoms with van der Waals surface area (Å²) in [7, 11) is 0. The number of rotatable bonds is 4. The van der Waals surface area contributed by atoms with Gasteiger partial charge in [-0.3, -0.25) is 9.59 Å². The molecule has 2 aliphatic rings. The first-order valence-electron chi connectivity index (χ1n) is 6.00. The predicted octanol–water partition coefficient (Wildman–Crippen LogP) is -0.525. The normalized spacial score (nSPS) is 25.7. The molecule has 2 rings (SSSR count). The molecule has 0 saturated carbocycles. The maximum absolute atomic E-state index is 11.7. The Hall–Kier alpha value is -1.10. The molecule has 16 heavy (non-hydrogen) atoms. The molecule has 5 nitrogen and oxygen atoms in total. The molecule has 0 aromatic heterocycles. The molecular formula is C11H19N3O2. The minimum atomic E-state index is 0.0205. The van der Waals surface area contributed by atoms with Crippen molar-refractivity contribution >= 4 is 11.8 Å². The van der Waals surface area contributed by atoms with Crippen molar-refractivity contribution in [3.8, 4) is 0 Å². The topological polar surface area (TPSA) is 61.4 Å². The number of carbonyl (C=O) groups is 2. The van der Waals surface area contributed by atoms with E-state index in [2.05, 4.69) is 10.6 Å². The van der Waals surface area contributed by atoms with Crippen LogP contribution in [0.4, 0.5) is 0 Å². The quantitative estimate of drug-likeness (QED) is 0.676. The second-order valence-electron chi connectivity index (χ2n) is 4.58. The van der Waals surface area contributed by atoms with Crippen molar-refractivity contribution in [1.82, 2.24) is 15.5 Å². The van der Waals surface area contributed by atoms with Gasteiger partial charge in [0, 0.05) is 32.5 Å². The Bertz CT molecular complexity index is 289. The van der Waals surface area contributed by atoms with Gasteiger partial charge in [0.1, 0.15) is 0 Å². The number of likely N-dealkylation sites (tertiary alicyclic amines) is 1. The van der Waals surface area contributed by atoms with Gasteiger partial charge in [-0.05, 0) is 6.42 Å². The fourth-order valence-electron chi connectivity index (χ4n) is 2.20. The number of hydrogen-bond donors (Lipinski definition) is 2. The summed E-state index contributed by atoms with van der Waals surface area (Å²) in [4.78, 5) is 25.0. The van der Waals surface area contributed by atoms with E-state index in [1.54, 1.807) is 0 Å². The first-order valence-corrected chi connectivity index (χ1v) is 6.00. The van der Waals surface area contributed by atoms with Gasteiger partial charge in [-0.1, -0.05) is 6.92 Å². The lowest BCUT2D eigenvalue weighted by Crippen LogP contribution is -2.58. The summed E-state index contributed by atoms with van der Waals surface area (Å²) in [6.45, 7) is 4.44. The summed E-state index contributed by atoms with van der Waals surface area (Å²) in [6.07, 6.45) is 1.87. The number of nitrogens with zero attached hydrogens (tertiary/aromatic N) is 1. The summed E-state index contributed by atoms with van der Waals surface area (Å²) in [5.41, 5.74) is 0. The summed E-state index contributed by atoms with van der Waals surface area (Å²) in [6, 6.07) is 0.368. The minimum absolute atomic E-state index is 0.0205. The number of amides is 2. The van der Waals surface area contributed by atoms with Crippen LogP contribution in [0.15, 0.2) is 0 Å². The van der Waals surface area contributed by atoms with Crippen LogP contribution >= 0.6 is 0 Å². The highest BCUT2D eigenvalue weighted by atomic mass is 16.2. The molecule has 1 atom stereocenters. The van der Waals surface area contributed by atoms with Crippen molar-refractivity contribution in [2.24, 2.45) is 0 Å². The molecule has 2 N–H and O–H groups in total. The highest BCUT2D eigenvalue weighted by Gasteiger charge is 2.36. The van der Waals surface area contributed by atoms with Crippen molar-refractivity contribution in [3.63, 3.8) is 0 Å². The molecule has 1 unspecified atom stereocenters. The van der Waals surface area contributed by atoms with Gasteiger partial charge < -0.3 is 15.5 Å². The fourth-order valence-corrected chi connectivity index (χ4v) is 2.20. The van der Waals surface area contributed by atoms with E-state index in [1.807, 2.05) is 11.8 Å². The molecule has 0 bridgehead atoms. The van der Waals surface area contributed by atoms with Crippen molar-refractivity contribution in [3.05, 3.63) is 0 Å². The monoisotopic (exact) mass is 225 g/mol. The highest BCUT2D eigenvalue weighted by Crippen LogP contribution is 2.16. The van der Waals surface area contributed by atoms with Gasteiger partial charge in [-0.2, -0.15) is 0 Å². The number of hydrogen-bond acceptors (Lipinski definition) is 3. The summed E-state index contributed by atoms with van der Waals surface area (Å²) < 4.78 is 0. The van der Waals surface area contributed by atoms with E-state index in [9.17, 15) is 9.59 Å². The molecule has 2 fully saturated rings. The zero-order valence-corrected chi connectivity index (χ0v) is 9.66. The SMILES string of the molecule is CCCC(=O)NC1CC(=O)N(C2CNC2)C1. The molecule has 0 radical (unpaired) electrons. The molecule has 2 heterocycles. The Morgan fingerprint density at radius 2 is 2.31 bits per heavy atom. The molecule has 0 spiro atoms. The number of carbonyl (C=O) groups excluding carboxylic acids is 2. The van der Waals surface area contributed by atoms with Crippen molar-refractivity contribution in [2.45, 2.75) is 38.3 Å². The van der Waals surface area contributed by atoms with E-state index in [0.717, 1.165) is 19.5 Å². The van der Waals surface area contributed by atoms with E-state index >= 15 is 0 Å². The van der Waals surface area contributed by atoms with Gasteiger partial charge in [-0.25, -0.2) is 0 Å². The Balaban J connectivity index is 1.81. The van der Waals surface area contributed by atoms with Crippen LogP contribution in [0.5, 0.6) is 0 Å². The first-order chi connectivity index (χ1) is 7.70. The average molecular weight is 225 g/mol. The first kappa shape index (κ1) is 11.4. The van der Waals surface area contributed by atoms with E-state index in [-0.39, 0.29) is 17.9 Å². The summed E-state index contributed by atoms with van der Waals surface area (Å²) in [5, 5.41) is 6.07. The Kier molecular flexibility index (Phi) is 3.43. The van der Waals surface area contributed by atoms with Crippen molar-refractivity contribution < 1.29 is 9.59 Å². The van der Waals surface area contributed by atoms with Gasteiger partial charge >= 0.3 is 0 Å². The number of nitrogens with one attached hydrogen (secondary N) is 2. The zero-order valence-electron chi connectivity index (χ0n) is 9.66. The second kappa shape index (κ2) is 4.82. The van der Waals surface area contributed by atoms with Crippen LogP contribution in [0.25, 0.3) is 0 Å². The van der Waals surface area contributed by atoms with Gasteiger partial charge in [0.05, 0.1) is 12.1 Å². The third-order valence-corrected chi connectivity index (χ3v) is 3.20. The van der Waals surface area contributed by atoms with Crippen LogP contribution in [-0.2, 0) is 9.59 Å². The smallest absolute Gasteiger partial charge is 0.225 e. The van der Waals surface area contributed by atoms with E-state index in [1.165, 1.54) is 0 Å². The van der Waals surface area contributed by atoms with Gasteiger partial charge in [0.15, 0.2) is 0 Å². The lowest BCUT2D eigenvalue weighted by molar-refractivity contribution is -0.130.